The molecule has 0 spiro atoms. The molecule has 4 rings (SSSR count). The number of halogens is 4. The van der Waals surface area contributed by atoms with Crippen LogP contribution in [0.3, 0.4) is 0 Å². The van der Waals surface area contributed by atoms with Crippen molar-refractivity contribution in [1.29, 1.82) is 0 Å². The van der Waals surface area contributed by atoms with Crippen molar-refractivity contribution in [3.05, 3.63) is 64.8 Å². The molecule has 0 saturated heterocycles. The molecule has 8 nitrogen and oxygen atoms in total. The van der Waals surface area contributed by atoms with Crippen LogP contribution in [0.15, 0.2) is 47.3 Å². The lowest BCUT2D eigenvalue weighted by atomic mass is 10.1. The fraction of sp³-hybridized carbons (Fsp3) is 0.158. The monoisotopic (exact) mass is 452 g/mol. The van der Waals surface area contributed by atoms with E-state index in [4.69, 9.17) is 16.0 Å². The summed E-state index contributed by atoms with van der Waals surface area (Å²) < 4.78 is 48.3. The topological polar surface area (TPSA) is 98.7 Å². The third kappa shape index (κ3) is 4.31. The Bertz CT molecular complexity index is 1300. The maximum atomic E-state index is 12.5. The number of nitrogens with one attached hydrogen (secondary N) is 1. The molecule has 3 heterocycles. The second-order valence-electron chi connectivity index (χ2n) is 6.37. The average Bonchev–Trinajstić information content (AvgIpc) is 3.35. The lowest BCUT2D eigenvalue weighted by Gasteiger charge is -2.08. The van der Waals surface area contributed by atoms with Crippen molar-refractivity contribution in [2.45, 2.75) is 12.7 Å². The summed E-state index contributed by atoms with van der Waals surface area (Å²) in [4.78, 5) is 28.6. The van der Waals surface area contributed by atoms with Gasteiger partial charge >= 0.3 is 12.1 Å². The number of alkyl halides is 3. The molecule has 12 heteroatoms. The maximum Gasteiger partial charge on any atom is 0.422 e. The molecule has 0 saturated carbocycles. The molecule has 0 fully saturated rings. The Hall–Kier alpha value is -3.60. The quantitative estimate of drug-likeness (QED) is 0.463. The summed E-state index contributed by atoms with van der Waals surface area (Å²) in [5.41, 5.74) is 0.350. The van der Waals surface area contributed by atoms with E-state index in [9.17, 15) is 22.8 Å². The van der Waals surface area contributed by atoms with E-state index in [2.05, 4.69) is 20.1 Å². The Balaban J connectivity index is 1.54. The van der Waals surface area contributed by atoms with Gasteiger partial charge in [0.25, 0.3) is 5.91 Å². The number of carbonyl (C=O) groups excluding carboxylic acids is 2. The molecular weight excluding hydrogens is 441 g/mol. The highest BCUT2D eigenvalue weighted by atomic mass is 35.5. The fourth-order valence-corrected chi connectivity index (χ4v) is 3.07. The summed E-state index contributed by atoms with van der Waals surface area (Å²) in [5, 5.41) is 7.18. The molecule has 1 N–H and O–H groups in total. The summed E-state index contributed by atoms with van der Waals surface area (Å²) in [6.07, 6.45) is -0.136. The second kappa shape index (κ2) is 7.91. The predicted molar refractivity (Wildman–Crippen MR) is 102 cm³/mol. The van der Waals surface area contributed by atoms with E-state index >= 15 is 0 Å². The number of hydrogen-bond donors (Lipinski definition) is 1. The van der Waals surface area contributed by atoms with E-state index in [-0.39, 0.29) is 34.0 Å². The Labute approximate surface area is 176 Å². The molecule has 0 bridgehead atoms. The van der Waals surface area contributed by atoms with Gasteiger partial charge in [0.2, 0.25) is 0 Å². The Morgan fingerprint density at radius 2 is 2.06 bits per heavy atom. The summed E-state index contributed by atoms with van der Waals surface area (Å²) >= 11 is 6.11. The molecule has 0 atom stereocenters. The van der Waals surface area contributed by atoms with E-state index in [0.717, 1.165) is 0 Å². The number of carbonyl (C=O) groups is 2. The molecule has 31 heavy (non-hydrogen) atoms. The number of fused-ring (bicyclic) bond motifs is 2. The smallest absolute Gasteiger partial charge is 0.422 e. The van der Waals surface area contributed by atoms with Crippen LogP contribution in [0.25, 0.3) is 16.6 Å². The van der Waals surface area contributed by atoms with Crippen molar-refractivity contribution in [1.82, 2.24) is 19.9 Å². The SMILES string of the molecule is O=C(OCC(F)(F)F)c1ccc(Cl)c2cc(CNC(=O)c3cnn4cccnc34)oc12. The number of aromatic nitrogens is 3. The molecule has 0 aliphatic carbocycles. The summed E-state index contributed by atoms with van der Waals surface area (Å²) in [6, 6.07) is 5.69. The van der Waals surface area contributed by atoms with Crippen LogP contribution < -0.4 is 5.32 Å². The van der Waals surface area contributed by atoms with Crippen LogP contribution in [0.5, 0.6) is 0 Å². The maximum absolute atomic E-state index is 12.5. The molecule has 0 radical (unpaired) electrons. The predicted octanol–water partition coefficient (Wildman–Crippen LogP) is 3.78. The summed E-state index contributed by atoms with van der Waals surface area (Å²) in [5.74, 6) is -1.45. The van der Waals surface area contributed by atoms with Crippen LogP contribution in [-0.4, -0.2) is 39.3 Å². The average molecular weight is 453 g/mol. The van der Waals surface area contributed by atoms with Crippen LogP contribution in [0.2, 0.25) is 5.02 Å². The van der Waals surface area contributed by atoms with Gasteiger partial charge in [-0.05, 0) is 24.3 Å². The highest BCUT2D eigenvalue weighted by Gasteiger charge is 2.30. The van der Waals surface area contributed by atoms with E-state index < -0.39 is 24.7 Å². The van der Waals surface area contributed by atoms with Crippen LogP contribution in [0.4, 0.5) is 13.2 Å². The summed E-state index contributed by atoms with van der Waals surface area (Å²) in [7, 11) is 0. The first-order chi connectivity index (χ1) is 14.7. The number of esters is 1. The zero-order valence-corrected chi connectivity index (χ0v) is 16.2. The minimum Gasteiger partial charge on any atom is -0.458 e. The first kappa shape index (κ1) is 20.7. The molecule has 1 aromatic carbocycles. The van der Waals surface area contributed by atoms with Gasteiger partial charge in [0.05, 0.1) is 17.8 Å². The Morgan fingerprint density at radius 1 is 1.26 bits per heavy atom. The normalized spacial score (nSPS) is 11.7. The Morgan fingerprint density at radius 3 is 2.84 bits per heavy atom. The molecule has 0 unspecified atom stereocenters. The minimum atomic E-state index is -4.66. The van der Waals surface area contributed by atoms with Gasteiger partial charge in [-0.2, -0.15) is 18.3 Å². The number of benzene rings is 1. The number of hydrogen-bond acceptors (Lipinski definition) is 6. The largest absolute Gasteiger partial charge is 0.458 e. The number of furan rings is 1. The van der Waals surface area contributed by atoms with Gasteiger partial charge in [0, 0.05) is 17.8 Å². The van der Waals surface area contributed by atoms with Gasteiger partial charge in [-0.15, -0.1) is 0 Å². The number of amides is 1. The van der Waals surface area contributed by atoms with Gasteiger partial charge < -0.3 is 14.5 Å². The lowest BCUT2D eigenvalue weighted by molar-refractivity contribution is -0.161. The lowest BCUT2D eigenvalue weighted by Crippen LogP contribution is -2.22. The van der Waals surface area contributed by atoms with Crippen LogP contribution in [0, 0.1) is 0 Å². The first-order valence-electron chi connectivity index (χ1n) is 8.74. The van der Waals surface area contributed by atoms with Crippen molar-refractivity contribution in [2.75, 3.05) is 6.61 Å². The molecule has 3 aromatic heterocycles. The van der Waals surface area contributed by atoms with Gasteiger partial charge in [-0.25, -0.2) is 14.3 Å². The van der Waals surface area contributed by atoms with Crippen LogP contribution in [-0.2, 0) is 11.3 Å². The number of ether oxygens (including phenoxy) is 1. The van der Waals surface area contributed by atoms with Crippen molar-refractivity contribution < 1.29 is 31.9 Å². The van der Waals surface area contributed by atoms with E-state index in [1.807, 2.05) is 0 Å². The molecule has 0 aliphatic heterocycles. The van der Waals surface area contributed by atoms with Gasteiger partial charge in [-0.1, -0.05) is 11.6 Å². The van der Waals surface area contributed by atoms with E-state index in [0.29, 0.717) is 11.0 Å². The highest BCUT2D eigenvalue weighted by molar-refractivity contribution is 6.35. The third-order valence-corrected chi connectivity index (χ3v) is 4.54. The van der Waals surface area contributed by atoms with Crippen molar-refractivity contribution in [3.63, 3.8) is 0 Å². The zero-order chi connectivity index (χ0) is 22.2. The van der Waals surface area contributed by atoms with E-state index in [1.54, 1.807) is 12.3 Å². The highest BCUT2D eigenvalue weighted by Crippen LogP contribution is 2.30. The second-order valence-corrected chi connectivity index (χ2v) is 6.78. The van der Waals surface area contributed by atoms with Gasteiger partial charge in [0.1, 0.15) is 22.5 Å². The summed E-state index contributed by atoms with van der Waals surface area (Å²) in [6.45, 7) is -1.81. The van der Waals surface area contributed by atoms with Gasteiger partial charge in [-0.3, -0.25) is 4.79 Å². The molecular formula is C19H12ClF3N4O4. The van der Waals surface area contributed by atoms with Crippen LogP contribution >= 0.6 is 11.6 Å². The Kier molecular flexibility index (Phi) is 5.27. The molecule has 0 aliphatic rings. The van der Waals surface area contributed by atoms with Crippen molar-refractivity contribution in [3.8, 4) is 0 Å². The minimum absolute atomic E-state index is 0.0402. The number of rotatable bonds is 5. The van der Waals surface area contributed by atoms with Crippen molar-refractivity contribution in [2.24, 2.45) is 0 Å². The van der Waals surface area contributed by atoms with E-state index in [1.165, 1.54) is 35.1 Å². The zero-order valence-electron chi connectivity index (χ0n) is 15.4. The molecule has 160 valence electrons. The fourth-order valence-electron chi connectivity index (χ4n) is 2.86. The first-order valence-corrected chi connectivity index (χ1v) is 9.12. The third-order valence-electron chi connectivity index (χ3n) is 4.22. The molecule has 4 aromatic rings. The molecule has 1 amide bonds. The van der Waals surface area contributed by atoms with Crippen molar-refractivity contribution >= 4 is 40.1 Å². The van der Waals surface area contributed by atoms with Crippen LogP contribution in [0.1, 0.15) is 26.5 Å². The van der Waals surface area contributed by atoms with Gasteiger partial charge in [0.15, 0.2) is 12.3 Å². The standard InChI is InChI=1S/C19H12ClF3N4O4/c20-14-3-2-11(18(29)30-9-19(21,22)23)15-12(14)6-10(31-15)7-25-17(28)13-8-26-27-5-1-4-24-16(13)27/h1-6,8H,7,9H2,(H,25,28). The number of nitrogens with zero attached hydrogens (tertiary/aromatic N) is 3.